The molecular formula is C19H15F2N3O2. The number of aryl methyl sites for hydroxylation is 1. The summed E-state index contributed by atoms with van der Waals surface area (Å²) in [6.45, 7) is 1.67. The number of rotatable bonds is 4. The Kier molecular flexibility index (Phi) is 4.88. The molecule has 0 aliphatic rings. The first-order chi connectivity index (χ1) is 12.4. The van der Waals surface area contributed by atoms with Crippen molar-refractivity contribution < 1.29 is 13.6 Å². The Balaban J connectivity index is 1.73. The number of halogens is 2. The quantitative estimate of drug-likeness (QED) is 0.782. The highest BCUT2D eigenvalue weighted by atomic mass is 19.2. The lowest BCUT2D eigenvalue weighted by molar-refractivity contribution is -0.116. The summed E-state index contributed by atoms with van der Waals surface area (Å²) < 4.78 is 27.2. The maximum absolute atomic E-state index is 13.2. The Morgan fingerprint density at radius 2 is 1.81 bits per heavy atom. The van der Waals surface area contributed by atoms with Crippen LogP contribution >= 0.6 is 0 Å². The van der Waals surface area contributed by atoms with Gasteiger partial charge in [0, 0.05) is 23.4 Å². The van der Waals surface area contributed by atoms with Gasteiger partial charge in [0.25, 0.3) is 5.56 Å². The highest BCUT2D eigenvalue weighted by Crippen LogP contribution is 2.15. The van der Waals surface area contributed by atoms with Crippen LogP contribution in [0.2, 0.25) is 0 Å². The Bertz CT molecular complexity index is 1010. The zero-order valence-corrected chi connectivity index (χ0v) is 13.9. The molecule has 26 heavy (non-hydrogen) atoms. The van der Waals surface area contributed by atoms with Crippen molar-refractivity contribution in [1.29, 1.82) is 0 Å². The fourth-order valence-electron chi connectivity index (χ4n) is 2.36. The van der Waals surface area contributed by atoms with Crippen LogP contribution in [0.1, 0.15) is 5.56 Å². The van der Waals surface area contributed by atoms with Crippen LogP contribution in [0.5, 0.6) is 0 Å². The number of aromatic nitrogens is 2. The second kappa shape index (κ2) is 7.26. The Labute approximate surface area is 147 Å². The number of nitrogens with one attached hydrogen (secondary N) is 1. The van der Waals surface area contributed by atoms with Crippen molar-refractivity contribution in [2.24, 2.45) is 0 Å². The molecule has 0 unspecified atom stereocenters. The van der Waals surface area contributed by atoms with E-state index in [4.69, 9.17) is 0 Å². The van der Waals surface area contributed by atoms with E-state index >= 15 is 0 Å². The van der Waals surface area contributed by atoms with E-state index in [1.165, 1.54) is 18.5 Å². The number of benzene rings is 2. The van der Waals surface area contributed by atoms with E-state index in [9.17, 15) is 18.4 Å². The van der Waals surface area contributed by atoms with Crippen LogP contribution in [-0.4, -0.2) is 15.5 Å². The molecule has 5 nitrogen and oxygen atoms in total. The topological polar surface area (TPSA) is 64.0 Å². The molecule has 1 N–H and O–H groups in total. The lowest BCUT2D eigenvalue weighted by Gasteiger charge is -2.08. The predicted molar refractivity (Wildman–Crippen MR) is 93.7 cm³/mol. The van der Waals surface area contributed by atoms with E-state index in [-0.39, 0.29) is 12.2 Å². The number of anilines is 1. The SMILES string of the molecule is Cc1ccc(-c2cc(=O)n(CC(=O)Nc3ccc(F)c(F)c3)cn2)cc1. The first-order valence-electron chi connectivity index (χ1n) is 7.81. The molecule has 0 bridgehead atoms. The fraction of sp³-hybridized carbons (Fsp3) is 0.105. The zero-order valence-electron chi connectivity index (χ0n) is 13.9. The van der Waals surface area contributed by atoms with Crippen LogP contribution in [-0.2, 0) is 11.3 Å². The number of hydrogen-bond acceptors (Lipinski definition) is 3. The van der Waals surface area contributed by atoms with Crippen LogP contribution < -0.4 is 10.9 Å². The molecule has 132 valence electrons. The Hall–Kier alpha value is -3.35. The van der Waals surface area contributed by atoms with Crippen LogP contribution in [0.25, 0.3) is 11.3 Å². The molecule has 7 heteroatoms. The van der Waals surface area contributed by atoms with Crippen molar-refractivity contribution in [1.82, 2.24) is 9.55 Å². The van der Waals surface area contributed by atoms with Gasteiger partial charge in [0.15, 0.2) is 11.6 Å². The molecule has 0 aliphatic carbocycles. The standard InChI is InChI=1S/C19H15F2N3O2/c1-12-2-4-13(5-3-12)17-9-19(26)24(11-22-17)10-18(25)23-14-6-7-15(20)16(21)8-14/h2-9,11H,10H2,1H3,(H,23,25). The van der Waals surface area contributed by atoms with E-state index < -0.39 is 23.1 Å². The van der Waals surface area contributed by atoms with Crippen molar-refractivity contribution in [2.45, 2.75) is 13.5 Å². The Morgan fingerprint density at radius 3 is 2.46 bits per heavy atom. The summed E-state index contributed by atoms with van der Waals surface area (Å²) in [4.78, 5) is 28.4. The van der Waals surface area contributed by atoms with Crippen LogP contribution in [0.15, 0.2) is 59.7 Å². The van der Waals surface area contributed by atoms with E-state index in [0.717, 1.165) is 27.8 Å². The van der Waals surface area contributed by atoms with E-state index in [2.05, 4.69) is 10.3 Å². The summed E-state index contributed by atoms with van der Waals surface area (Å²) in [6.07, 6.45) is 1.28. The maximum atomic E-state index is 13.2. The molecule has 0 aliphatic heterocycles. The molecule has 0 fully saturated rings. The average Bonchev–Trinajstić information content (AvgIpc) is 2.60. The molecule has 3 aromatic rings. The number of carbonyl (C=O) groups is 1. The number of amides is 1. The lowest BCUT2D eigenvalue weighted by Crippen LogP contribution is -2.27. The van der Waals surface area contributed by atoms with Gasteiger partial charge in [-0.15, -0.1) is 0 Å². The summed E-state index contributed by atoms with van der Waals surface area (Å²) >= 11 is 0. The fourth-order valence-corrected chi connectivity index (χ4v) is 2.36. The van der Waals surface area contributed by atoms with Gasteiger partial charge in [-0.05, 0) is 19.1 Å². The van der Waals surface area contributed by atoms with Gasteiger partial charge in [0.2, 0.25) is 5.91 Å². The summed E-state index contributed by atoms with van der Waals surface area (Å²) in [6, 6.07) is 11.9. The van der Waals surface area contributed by atoms with Gasteiger partial charge >= 0.3 is 0 Å². The minimum atomic E-state index is -1.07. The number of nitrogens with zero attached hydrogens (tertiary/aromatic N) is 2. The van der Waals surface area contributed by atoms with Crippen molar-refractivity contribution in [3.8, 4) is 11.3 Å². The van der Waals surface area contributed by atoms with E-state index in [1.54, 1.807) is 0 Å². The summed E-state index contributed by atoms with van der Waals surface area (Å²) in [5, 5.41) is 2.41. The van der Waals surface area contributed by atoms with Gasteiger partial charge in [-0.3, -0.25) is 14.2 Å². The van der Waals surface area contributed by atoms with Gasteiger partial charge in [-0.25, -0.2) is 13.8 Å². The van der Waals surface area contributed by atoms with Crippen LogP contribution in [0, 0.1) is 18.6 Å². The molecule has 0 radical (unpaired) electrons. The van der Waals surface area contributed by atoms with E-state index in [0.29, 0.717) is 5.69 Å². The first-order valence-corrected chi connectivity index (χ1v) is 7.81. The average molecular weight is 355 g/mol. The molecule has 0 atom stereocenters. The van der Waals surface area contributed by atoms with Crippen molar-refractivity contribution in [3.05, 3.63) is 82.4 Å². The monoisotopic (exact) mass is 355 g/mol. The largest absolute Gasteiger partial charge is 0.324 e. The number of carbonyl (C=O) groups excluding carboxylic acids is 1. The van der Waals surface area contributed by atoms with Crippen LogP contribution in [0.3, 0.4) is 0 Å². The zero-order chi connectivity index (χ0) is 18.7. The molecule has 0 saturated heterocycles. The minimum absolute atomic E-state index is 0.103. The molecule has 0 spiro atoms. The van der Waals surface area contributed by atoms with Gasteiger partial charge in [0.1, 0.15) is 6.54 Å². The predicted octanol–water partition coefficient (Wildman–Crippen LogP) is 3.14. The molecule has 1 aromatic heterocycles. The second-order valence-electron chi connectivity index (χ2n) is 5.78. The maximum Gasteiger partial charge on any atom is 0.254 e. The minimum Gasteiger partial charge on any atom is -0.324 e. The molecule has 3 rings (SSSR count). The van der Waals surface area contributed by atoms with Gasteiger partial charge < -0.3 is 5.32 Å². The smallest absolute Gasteiger partial charge is 0.254 e. The molecule has 2 aromatic carbocycles. The van der Waals surface area contributed by atoms with E-state index in [1.807, 2.05) is 31.2 Å². The lowest BCUT2D eigenvalue weighted by atomic mass is 10.1. The normalized spacial score (nSPS) is 10.6. The molecule has 0 saturated carbocycles. The Morgan fingerprint density at radius 1 is 1.08 bits per heavy atom. The van der Waals surface area contributed by atoms with Gasteiger partial charge in [-0.1, -0.05) is 29.8 Å². The summed E-state index contributed by atoms with van der Waals surface area (Å²) in [7, 11) is 0. The highest BCUT2D eigenvalue weighted by Gasteiger charge is 2.09. The molecular weight excluding hydrogens is 340 g/mol. The van der Waals surface area contributed by atoms with Crippen molar-refractivity contribution >= 4 is 11.6 Å². The van der Waals surface area contributed by atoms with Crippen molar-refractivity contribution in [2.75, 3.05) is 5.32 Å². The third-order valence-corrected chi connectivity index (χ3v) is 3.74. The third kappa shape index (κ3) is 4.00. The first kappa shape index (κ1) is 17.5. The van der Waals surface area contributed by atoms with Crippen molar-refractivity contribution in [3.63, 3.8) is 0 Å². The third-order valence-electron chi connectivity index (χ3n) is 3.74. The second-order valence-corrected chi connectivity index (χ2v) is 5.78. The van der Waals surface area contributed by atoms with Gasteiger partial charge in [0.05, 0.1) is 12.0 Å². The highest BCUT2D eigenvalue weighted by molar-refractivity contribution is 5.90. The van der Waals surface area contributed by atoms with Gasteiger partial charge in [-0.2, -0.15) is 0 Å². The molecule has 1 amide bonds. The summed E-state index contributed by atoms with van der Waals surface area (Å²) in [5.74, 6) is -2.62. The number of hydrogen-bond donors (Lipinski definition) is 1. The van der Waals surface area contributed by atoms with Crippen LogP contribution in [0.4, 0.5) is 14.5 Å². The molecule has 1 heterocycles. The summed E-state index contributed by atoms with van der Waals surface area (Å²) in [5.41, 5.74) is 2.11.